The van der Waals surface area contributed by atoms with Crippen molar-refractivity contribution in [1.29, 1.82) is 0 Å². The van der Waals surface area contributed by atoms with Gasteiger partial charge in [-0.3, -0.25) is 14.6 Å². The maximum atomic E-state index is 14.4. The van der Waals surface area contributed by atoms with E-state index in [-0.39, 0.29) is 16.9 Å². The van der Waals surface area contributed by atoms with Crippen molar-refractivity contribution in [2.45, 2.75) is 37.6 Å². The molecule has 1 aliphatic heterocycles. The number of anilines is 1. The van der Waals surface area contributed by atoms with Gasteiger partial charge in [-0.15, -0.1) is 0 Å². The monoisotopic (exact) mass is 474 g/mol. The van der Waals surface area contributed by atoms with Crippen LogP contribution in [0.5, 0.6) is 5.75 Å². The molecule has 4 atom stereocenters. The van der Waals surface area contributed by atoms with Crippen molar-refractivity contribution in [2.75, 3.05) is 12.4 Å². The molecule has 0 spiro atoms. The topological polar surface area (TPSA) is 104 Å². The molecule has 0 bridgehead atoms. The molecule has 3 rings (SSSR count). The maximum Gasteiger partial charge on any atom is 0.417 e. The molecule has 7 nitrogen and oxygen atoms in total. The molecule has 1 aromatic carbocycles. The highest BCUT2D eigenvalue weighted by Crippen LogP contribution is 2.55. The van der Waals surface area contributed by atoms with E-state index >= 15 is 0 Å². The molecule has 1 aliphatic rings. The fraction of sp³-hybridized carbons (Fsp3) is 0.381. The highest BCUT2D eigenvalue weighted by atomic mass is 19.4. The lowest BCUT2D eigenvalue weighted by Crippen LogP contribution is -2.47. The van der Waals surface area contributed by atoms with Crippen molar-refractivity contribution < 1.29 is 42.4 Å². The minimum atomic E-state index is -4.92. The minimum Gasteiger partial charge on any atom is -0.493 e. The lowest BCUT2D eigenvalue weighted by molar-refractivity contribution is -0.272. The fourth-order valence-electron chi connectivity index (χ4n) is 3.84. The van der Waals surface area contributed by atoms with Crippen LogP contribution in [0.15, 0.2) is 30.4 Å². The maximum absolute atomic E-state index is 14.4. The van der Waals surface area contributed by atoms with Gasteiger partial charge in [-0.2, -0.15) is 17.6 Å². The summed E-state index contributed by atoms with van der Waals surface area (Å²) >= 11 is 0. The highest BCUT2D eigenvalue weighted by Gasteiger charge is 2.65. The van der Waals surface area contributed by atoms with Gasteiger partial charge >= 0.3 is 6.18 Å². The summed E-state index contributed by atoms with van der Waals surface area (Å²) in [5, 5.41) is 2.29. The van der Waals surface area contributed by atoms with Gasteiger partial charge in [0, 0.05) is 29.3 Å². The first-order valence-electron chi connectivity index (χ1n) is 10.1. The van der Waals surface area contributed by atoms with Gasteiger partial charge in [0.05, 0.1) is 8.48 Å². The summed E-state index contributed by atoms with van der Waals surface area (Å²) in [4.78, 5) is 28.1. The predicted octanol–water partition coefficient (Wildman–Crippen LogP) is 3.55. The minimum absolute atomic E-state index is 0.147. The average molecular weight is 474 g/mol. The number of carbonyl (C=O) groups is 2. The van der Waals surface area contributed by atoms with Crippen LogP contribution >= 0.6 is 0 Å². The van der Waals surface area contributed by atoms with Crippen molar-refractivity contribution in [3.63, 3.8) is 0 Å². The Balaban J connectivity index is 2.09. The van der Waals surface area contributed by atoms with Gasteiger partial charge in [0.1, 0.15) is 11.8 Å². The van der Waals surface area contributed by atoms with Crippen LogP contribution in [0, 0.1) is 17.6 Å². The summed E-state index contributed by atoms with van der Waals surface area (Å²) in [7, 11) is 1.01. The van der Waals surface area contributed by atoms with E-state index in [1.807, 2.05) is 0 Å². The molecule has 0 aliphatic carbocycles. The van der Waals surface area contributed by atoms with Crippen LogP contribution in [0.4, 0.5) is 27.6 Å². The SMILES string of the molecule is [2H]c1cc(NC(=O)[C@H]2O[C@@](C)(C(F)(F)F)[C@H](C)[C@@H]2c2ccc(F)c(F)c2OC)cc(C(N)=O)n1. The molecular weight excluding hydrogens is 453 g/mol. The number of pyridine rings is 1. The molecular formula is C21H20F5N3O4. The van der Waals surface area contributed by atoms with E-state index in [9.17, 15) is 31.5 Å². The average Bonchev–Trinajstić information content (AvgIpc) is 3.01. The number of nitrogens with two attached hydrogens (primary N) is 1. The predicted molar refractivity (Wildman–Crippen MR) is 106 cm³/mol. The molecule has 3 N–H and O–H groups in total. The first-order chi connectivity index (χ1) is 15.7. The van der Waals surface area contributed by atoms with Gasteiger partial charge in [0.2, 0.25) is 5.82 Å². The van der Waals surface area contributed by atoms with E-state index in [1.165, 1.54) is 6.92 Å². The summed E-state index contributed by atoms with van der Waals surface area (Å²) in [5.74, 6) is -8.30. The van der Waals surface area contributed by atoms with Crippen molar-refractivity contribution in [2.24, 2.45) is 11.7 Å². The number of hydrogen-bond acceptors (Lipinski definition) is 5. The van der Waals surface area contributed by atoms with Crippen LogP contribution < -0.4 is 15.8 Å². The number of nitrogens with one attached hydrogen (secondary N) is 1. The Morgan fingerprint density at radius 1 is 1.30 bits per heavy atom. The van der Waals surface area contributed by atoms with Crippen LogP contribution in [0.2, 0.25) is 0 Å². The first kappa shape index (κ1) is 22.9. The molecule has 0 unspecified atom stereocenters. The Kier molecular flexibility index (Phi) is 5.95. The standard InChI is InChI=1S/C21H20F5N3O4/c1-9-14(11-4-5-12(22)15(23)16(11)32-3)17(33-20(9,2)21(24,25)26)19(31)29-10-6-7-28-13(8-10)18(27)30/h4-9,14,17H,1-3H3,(H2,27,30)(H,28,29,31)/t9-,14-,17+,20-/m1/s1/i7D. The van der Waals surface area contributed by atoms with Crippen molar-refractivity contribution in [3.8, 4) is 5.75 Å². The molecule has 12 heteroatoms. The molecule has 2 heterocycles. The van der Waals surface area contributed by atoms with Gasteiger partial charge in [-0.25, -0.2) is 4.39 Å². The molecule has 1 fully saturated rings. The Bertz CT molecular complexity index is 1150. The number of alkyl halides is 3. The fourth-order valence-corrected chi connectivity index (χ4v) is 3.84. The van der Waals surface area contributed by atoms with Crippen LogP contribution in [0.25, 0.3) is 0 Å². The summed E-state index contributed by atoms with van der Waals surface area (Å²) in [6, 6.07) is 3.82. The number of amides is 2. The van der Waals surface area contributed by atoms with E-state index < -0.39 is 65.1 Å². The summed E-state index contributed by atoms with van der Waals surface area (Å²) in [5.41, 5.74) is 1.60. The molecule has 2 aromatic rings. The number of nitrogens with zero attached hydrogens (tertiary/aromatic N) is 1. The van der Waals surface area contributed by atoms with E-state index in [2.05, 4.69) is 10.3 Å². The summed E-state index contributed by atoms with van der Waals surface area (Å²) in [6.45, 7) is 1.93. The van der Waals surface area contributed by atoms with E-state index in [1.54, 1.807) is 0 Å². The molecule has 33 heavy (non-hydrogen) atoms. The third kappa shape index (κ3) is 4.22. The second-order valence-electron chi connectivity index (χ2n) is 7.67. The number of rotatable bonds is 5. The van der Waals surface area contributed by atoms with Crippen molar-refractivity contribution >= 4 is 17.5 Å². The number of methoxy groups -OCH3 is 1. The molecule has 1 saturated heterocycles. The van der Waals surface area contributed by atoms with Crippen LogP contribution in [0.1, 0.15) is 37.2 Å². The Morgan fingerprint density at radius 2 is 1.97 bits per heavy atom. The third-order valence-electron chi connectivity index (χ3n) is 5.79. The normalized spacial score (nSPS) is 25.5. The van der Waals surface area contributed by atoms with E-state index in [0.29, 0.717) is 6.07 Å². The van der Waals surface area contributed by atoms with Crippen LogP contribution in [-0.2, 0) is 9.53 Å². The van der Waals surface area contributed by atoms with Crippen LogP contribution in [-0.4, -0.2) is 41.8 Å². The second kappa shape index (κ2) is 8.58. The van der Waals surface area contributed by atoms with Gasteiger partial charge in [0.15, 0.2) is 17.2 Å². The Labute approximate surface area is 186 Å². The Hall–Kier alpha value is -3.28. The van der Waals surface area contributed by atoms with Gasteiger partial charge in [-0.05, 0) is 25.1 Å². The number of halogens is 5. The first-order valence-corrected chi connectivity index (χ1v) is 9.57. The van der Waals surface area contributed by atoms with E-state index in [4.69, 9.17) is 16.6 Å². The van der Waals surface area contributed by atoms with Gasteiger partial charge in [0.25, 0.3) is 11.8 Å². The quantitative estimate of drug-likeness (QED) is 0.646. The Morgan fingerprint density at radius 3 is 2.55 bits per heavy atom. The zero-order valence-electron chi connectivity index (χ0n) is 18.6. The second-order valence-corrected chi connectivity index (χ2v) is 7.67. The third-order valence-corrected chi connectivity index (χ3v) is 5.79. The molecule has 2 amide bonds. The number of benzene rings is 1. The van der Waals surface area contributed by atoms with Gasteiger partial charge in [-0.1, -0.05) is 13.0 Å². The highest BCUT2D eigenvalue weighted by molar-refractivity contribution is 5.97. The number of primary amides is 1. The molecule has 0 radical (unpaired) electrons. The number of hydrogen-bond donors (Lipinski definition) is 2. The van der Waals surface area contributed by atoms with Crippen molar-refractivity contribution in [3.05, 3.63) is 53.3 Å². The lowest BCUT2D eigenvalue weighted by Gasteiger charge is -2.32. The number of carbonyl (C=O) groups excluding carboxylic acids is 2. The molecule has 0 saturated carbocycles. The largest absolute Gasteiger partial charge is 0.493 e. The summed E-state index contributed by atoms with van der Waals surface area (Å²) in [6.07, 6.45) is -7.19. The zero-order valence-corrected chi connectivity index (χ0v) is 17.6. The summed E-state index contributed by atoms with van der Waals surface area (Å²) < 4.78 is 87.8. The van der Waals surface area contributed by atoms with Crippen molar-refractivity contribution in [1.82, 2.24) is 4.98 Å². The molecule has 1 aromatic heterocycles. The van der Waals surface area contributed by atoms with Crippen LogP contribution in [0.3, 0.4) is 0 Å². The smallest absolute Gasteiger partial charge is 0.417 e. The zero-order chi connectivity index (χ0) is 25.6. The van der Waals surface area contributed by atoms with E-state index in [0.717, 1.165) is 32.2 Å². The number of aromatic nitrogens is 1. The lowest BCUT2D eigenvalue weighted by atomic mass is 9.77. The van der Waals surface area contributed by atoms with Gasteiger partial charge < -0.3 is 20.5 Å². The molecule has 178 valence electrons. The number of ether oxygens (including phenoxy) is 2.